The highest BCUT2D eigenvalue weighted by Gasteiger charge is 2.21. The number of ether oxygens (including phenoxy) is 2. The molecule has 0 bridgehead atoms. The summed E-state index contributed by atoms with van der Waals surface area (Å²) < 4.78 is 11.5. The van der Waals surface area contributed by atoms with Gasteiger partial charge >= 0.3 is 0 Å². The molecule has 0 atom stereocenters. The largest absolute Gasteiger partial charge is 0.497 e. The van der Waals surface area contributed by atoms with Gasteiger partial charge < -0.3 is 20.5 Å². The van der Waals surface area contributed by atoms with E-state index in [0.29, 0.717) is 35.7 Å². The third-order valence-electron chi connectivity index (χ3n) is 4.71. The molecule has 0 fully saturated rings. The molecule has 0 aliphatic heterocycles. The monoisotopic (exact) mass is 442 g/mol. The summed E-state index contributed by atoms with van der Waals surface area (Å²) in [5.41, 5.74) is 7.58. The lowest BCUT2D eigenvalue weighted by Gasteiger charge is -2.15. The fraction of sp³-hybridized carbons (Fsp3) is 0.227. The summed E-state index contributed by atoms with van der Waals surface area (Å²) in [4.78, 5) is 30.1. The van der Waals surface area contributed by atoms with Crippen molar-refractivity contribution in [1.29, 1.82) is 0 Å². The molecule has 1 amide bonds. The number of hydrogen-bond donors (Lipinski definition) is 2. The number of methoxy groups -OCH3 is 2. The second-order valence-electron chi connectivity index (χ2n) is 6.85. The first kappa shape index (κ1) is 22.3. The molecule has 8 nitrogen and oxygen atoms in total. The van der Waals surface area contributed by atoms with E-state index in [-0.39, 0.29) is 16.4 Å². The Morgan fingerprint density at radius 2 is 2.03 bits per heavy atom. The van der Waals surface area contributed by atoms with Crippen LogP contribution in [0.2, 0.25) is 5.02 Å². The maximum absolute atomic E-state index is 13.2. The first-order chi connectivity index (χ1) is 14.8. The number of aryl methyl sites for hydroxylation is 1. The van der Waals surface area contributed by atoms with E-state index in [2.05, 4.69) is 10.3 Å². The van der Waals surface area contributed by atoms with Gasteiger partial charge in [0.05, 0.1) is 24.4 Å². The lowest BCUT2D eigenvalue weighted by Crippen LogP contribution is -2.31. The summed E-state index contributed by atoms with van der Waals surface area (Å²) in [6.07, 6.45) is 1.94. The third kappa shape index (κ3) is 4.87. The molecule has 3 N–H and O–H groups in total. The number of nitrogens with zero attached hydrogens (tertiary/aromatic N) is 2. The van der Waals surface area contributed by atoms with Crippen LogP contribution in [-0.2, 0) is 11.2 Å². The van der Waals surface area contributed by atoms with Crippen LogP contribution in [0.4, 0.5) is 11.5 Å². The highest BCUT2D eigenvalue weighted by atomic mass is 35.5. The Morgan fingerprint density at radius 3 is 2.71 bits per heavy atom. The molecule has 0 unspecified atom stereocenters. The zero-order chi connectivity index (χ0) is 22.5. The van der Waals surface area contributed by atoms with Gasteiger partial charge in [0.25, 0.3) is 11.5 Å². The van der Waals surface area contributed by atoms with Crippen LogP contribution in [0.25, 0.3) is 5.69 Å². The zero-order valence-corrected chi connectivity index (χ0v) is 18.2. The van der Waals surface area contributed by atoms with Gasteiger partial charge in [-0.1, -0.05) is 23.7 Å². The van der Waals surface area contributed by atoms with Crippen molar-refractivity contribution >= 4 is 29.0 Å². The number of halogens is 1. The Hall–Kier alpha value is -3.36. The van der Waals surface area contributed by atoms with Gasteiger partial charge in [0, 0.05) is 18.9 Å². The maximum Gasteiger partial charge on any atom is 0.273 e. The van der Waals surface area contributed by atoms with E-state index in [0.717, 1.165) is 5.56 Å². The molecule has 31 heavy (non-hydrogen) atoms. The number of carbonyl (C=O) groups excluding carboxylic acids is 1. The number of amides is 1. The average Bonchev–Trinajstić information content (AvgIpc) is 2.73. The quantitative estimate of drug-likeness (QED) is 0.581. The van der Waals surface area contributed by atoms with Crippen LogP contribution < -0.4 is 21.3 Å². The van der Waals surface area contributed by atoms with Gasteiger partial charge in [0.2, 0.25) is 0 Å². The van der Waals surface area contributed by atoms with Gasteiger partial charge in [-0.2, -0.15) is 0 Å². The van der Waals surface area contributed by atoms with Crippen LogP contribution >= 0.6 is 11.6 Å². The minimum atomic E-state index is -0.657. The van der Waals surface area contributed by atoms with Crippen molar-refractivity contribution < 1.29 is 14.3 Å². The lowest BCUT2D eigenvalue weighted by molar-refractivity contribution is 0.102. The molecule has 0 aliphatic carbocycles. The van der Waals surface area contributed by atoms with E-state index in [4.69, 9.17) is 26.8 Å². The highest BCUT2D eigenvalue weighted by molar-refractivity contribution is 6.32. The second-order valence-corrected chi connectivity index (χ2v) is 7.26. The van der Waals surface area contributed by atoms with E-state index in [9.17, 15) is 9.59 Å². The first-order valence-electron chi connectivity index (χ1n) is 9.46. The Balaban J connectivity index is 1.99. The van der Waals surface area contributed by atoms with Crippen LogP contribution in [0.5, 0.6) is 5.75 Å². The molecule has 1 aromatic heterocycles. The van der Waals surface area contributed by atoms with E-state index < -0.39 is 11.5 Å². The molecular formula is C22H23ClN4O4. The van der Waals surface area contributed by atoms with E-state index in [1.54, 1.807) is 32.2 Å². The predicted octanol–water partition coefficient (Wildman–Crippen LogP) is 3.23. The Bertz CT molecular complexity index is 1150. The molecule has 162 valence electrons. The van der Waals surface area contributed by atoms with Crippen molar-refractivity contribution in [2.45, 2.75) is 13.3 Å². The van der Waals surface area contributed by atoms with Crippen molar-refractivity contribution in [2.75, 3.05) is 31.9 Å². The Kier molecular flexibility index (Phi) is 6.94. The minimum Gasteiger partial charge on any atom is -0.497 e. The number of aromatic nitrogens is 2. The van der Waals surface area contributed by atoms with E-state index in [1.165, 1.54) is 18.0 Å². The van der Waals surface area contributed by atoms with Gasteiger partial charge in [-0.25, -0.2) is 4.98 Å². The molecule has 0 radical (unpaired) electrons. The highest BCUT2D eigenvalue weighted by Crippen LogP contribution is 2.29. The molecule has 0 aliphatic rings. The number of rotatable bonds is 7. The van der Waals surface area contributed by atoms with E-state index >= 15 is 0 Å². The molecule has 3 rings (SSSR count). The van der Waals surface area contributed by atoms with Crippen LogP contribution in [0.3, 0.4) is 0 Å². The van der Waals surface area contributed by atoms with Crippen LogP contribution in [-0.4, -0.2) is 36.3 Å². The predicted molar refractivity (Wildman–Crippen MR) is 121 cm³/mol. The normalized spacial score (nSPS) is 10.7. The summed E-state index contributed by atoms with van der Waals surface area (Å²) in [7, 11) is 3.15. The molecule has 0 spiro atoms. The summed E-state index contributed by atoms with van der Waals surface area (Å²) >= 11 is 6.37. The molecule has 0 saturated carbocycles. The Labute approximate surface area is 184 Å². The number of carbonyl (C=O) groups is 1. The average molecular weight is 443 g/mol. The number of nitrogen functional groups attached to an aromatic ring is 1. The topological polar surface area (TPSA) is 108 Å². The van der Waals surface area contributed by atoms with Gasteiger partial charge in [-0.05, 0) is 42.7 Å². The maximum atomic E-state index is 13.2. The molecule has 9 heteroatoms. The van der Waals surface area contributed by atoms with Crippen molar-refractivity contribution in [3.8, 4) is 11.4 Å². The number of benzene rings is 2. The Morgan fingerprint density at radius 1 is 1.26 bits per heavy atom. The fourth-order valence-corrected chi connectivity index (χ4v) is 3.53. The smallest absolute Gasteiger partial charge is 0.273 e. The number of hydrogen-bond acceptors (Lipinski definition) is 6. The summed E-state index contributed by atoms with van der Waals surface area (Å²) in [5.74, 6) is -0.277. The summed E-state index contributed by atoms with van der Waals surface area (Å²) in [5, 5.41) is 3.00. The number of anilines is 2. The van der Waals surface area contributed by atoms with Gasteiger partial charge in [0.1, 0.15) is 23.5 Å². The summed E-state index contributed by atoms with van der Waals surface area (Å²) in [6, 6.07) is 10.6. The van der Waals surface area contributed by atoms with Gasteiger partial charge in [0.15, 0.2) is 0 Å². The molecule has 0 saturated heterocycles. The molecular weight excluding hydrogens is 420 g/mol. The number of nitrogens with one attached hydrogen (secondary N) is 1. The first-order valence-corrected chi connectivity index (χ1v) is 9.84. The van der Waals surface area contributed by atoms with Crippen LogP contribution in [0.1, 0.15) is 21.5 Å². The van der Waals surface area contributed by atoms with Gasteiger partial charge in [-0.3, -0.25) is 14.2 Å². The van der Waals surface area contributed by atoms with Crippen LogP contribution in [0.15, 0.2) is 47.5 Å². The molecule has 3 aromatic rings. The van der Waals surface area contributed by atoms with Crippen molar-refractivity contribution in [3.63, 3.8) is 0 Å². The third-order valence-corrected chi connectivity index (χ3v) is 5.00. The SMILES string of the molecule is COCCc1cccc(NC(=O)c2c(N)ncn(-c3c(C)cc(OC)cc3Cl)c2=O)c1. The van der Waals surface area contributed by atoms with E-state index in [1.807, 2.05) is 18.2 Å². The summed E-state index contributed by atoms with van der Waals surface area (Å²) in [6.45, 7) is 2.33. The van der Waals surface area contributed by atoms with Gasteiger partial charge in [-0.15, -0.1) is 0 Å². The minimum absolute atomic E-state index is 0.170. The second kappa shape index (κ2) is 9.63. The zero-order valence-electron chi connectivity index (χ0n) is 17.4. The molecule has 1 heterocycles. The van der Waals surface area contributed by atoms with Crippen LogP contribution in [0, 0.1) is 6.92 Å². The molecule has 2 aromatic carbocycles. The lowest BCUT2D eigenvalue weighted by atomic mass is 10.1. The van der Waals surface area contributed by atoms with Crippen molar-refractivity contribution in [3.05, 3.63) is 74.8 Å². The number of nitrogens with two attached hydrogens (primary N) is 1. The fourth-order valence-electron chi connectivity index (χ4n) is 3.19. The van der Waals surface area contributed by atoms with Crippen molar-refractivity contribution in [2.24, 2.45) is 0 Å². The standard InChI is InChI=1S/C22H23ClN4O4/c1-13-9-16(31-3)11-17(23)19(13)27-12-25-20(24)18(22(27)29)21(28)26-15-6-4-5-14(10-15)7-8-30-2/h4-6,9-12H,7-8,24H2,1-3H3,(H,26,28). The van der Waals surface area contributed by atoms with Crippen molar-refractivity contribution in [1.82, 2.24) is 9.55 Å².